The van der Waals surface area contributed by atoms with Gasteiger partial charge in [-0.2, -0.15) is 0 Å². The van der Waals surface area contributed by atoms with E-state index in [1.54, 1.807) is 0 Å². The lowest BCUT2D eigenvalue weighted by atomic mass is 9.81. The summed E-state index contributed by atoms with van der Waals surface area (Å²) >= 11 is 3.49. The number of hydrogen-bond acceptors (Lipinski definition) is 1. The molecule has 1 aliphatic rings. The van der Waals surface area contributed by atoms with E-state index in [-0.39, 0.29) is 0 Å². The van der Waals surface area contributed by atoms with E-state index in [0.717, 1.165) is 29.3 Å². The van der Waals surface area contributed by atoms with Gasteiger partial charge in [0.15, 0.2) is 0 Å². The highest BCUT2D eigenvalue weighted by molar-refractivity contribution is 9.10. The van der Waals surface area contributed by atoms with Crippen molar-refractivity contribution >= 4 is 15.9 Å². The molecular formula is C16H21BrO. The van der Waals surface area contributed by atoms with Gasteiger partial charge in [-0.3, -0.25) is 0 Å². The summed E-state index contributed by atoms with van der Waals surface area (Å²) in [5.74, 6) is 0. The minimum absolute atomic E-state index is 0.731. The Morgan fingerprint density at radius 2 is 2.11 bits per heavy atom. The van der Waals surface area contributed by atoms with E-state index in [9.17, 15) is 5.11 Å². The molecule has 1 atom stereocenters. The van der Waals surface area contributed by atoms with Crippen molar-refractivity contribution in [2.45, 2.75) is 51.0 Å². The average molecular weight is 309 g/mol. The maximum atomic E-state index is 11.1. The number of allylic oxidation sites excluding steroid dienone is 1. The van der Waals surface area contributed by atoms with Crippen LogP contribution >= 0.6 is 15.9 Å². The van der Waals surface area contributed by atoms with Crippen LogP contribution in [0.5, 0.6) is 0 Å². The fourth-order valence-electron chi connectivity index (χ4n) is 2.75. The molecule has 1 aromatic carbocycles. The third-order valence-electron chi connectivity index (χ3n) is 3.89. The van der Waals surface area contributed by atoms with Gasteiger partial charge in [0.25, 0.3) is 0 Å². The van der Waals surface area contributed by atoms with Crippen LogP contribution < -0.4 is 0 Å². The van der Waals surface area contributed by atoms with Gasteiger partial charge in [0, 0.05) is 4.47 Å². The van der Waals surface area contributed by atoms with Crippen molar-refractivity contribution in [1.82, 2.24) is 0 Å². The zero-order valence-corrected chi connectivity index (χ0v) is 12.5. The summed E-state index contributed by atoms with van der Waals surface area (Å²) in [4.78, 5) is 0. The minimum atomic E-state index is -0.784. The Labute approximate surface area is 118 Å². The van der Waals surface area contributed by atoms with Gasteiger partial charge < -0.3 is 5.11 Å². The van der Waals surface area contributed by atoms with E-state index in [0.29, 0.717) is 0 Å². The lowest BCUT2D eigenvalue weighted by molar-refractivity contribution is 0.0678. The van der Waals surface area contributed by atoms with Crippen LogP contribution in [0, 0.1) is 0 Å². The highest BCUT2D eigenvalue weighted by Crippen LogP contribution is 2.38. The van der Waals surface area contributed by atoms with E-state index in [4.69, 9.17) is 0 Å². The fourth-order valence-corrected chi connectivity index (χ4v) is 3.15. The summed E-state index contributed by atoms with van der Waals surface area (Å²) in [5.41, 5.74) is 1.43. The van der Waals surface area contributed by atoms with E-state index in [1.165, 1.54) is 24.8 Å². The molecule has 1 unspecified atom stereocenters. The summed E-state index contributed by atoms with van der Waals surface area (Å²) in [7, 11) is 0. The molecule has 1 aliphatic carbocycles. The summed E-state index contributed by atoms with van der Waals surface area (Å²) in [5, 5.41) is 11.1. The largest absolute Gasteiger partial charge is 0.381 e. The lowest BCUT2D eigenvalue weighted by Crippen LogP contribution is -2.27. The Hall–Kier alpha value is -0.600. The molecule has 0 amide bonds. The third kappa shape index (κ3) is 2.86. The summed E-state index contributed by atoms with van der Waals surface area (Å²) in [6.07, 6.45) is 8.84. The van der Waals surface area contributed by atoms with E-state index < -0.39 is 5.60 Å². The molecule has 0 saturated heterocycles. The van der Waals surface area contributed by atoms with Gasteiger partial charge in [-0.05, 0) is 55.4 Å². The van der Waals surface area contributed by atoms with Crippen LogP contribution in [-0.2, 0) is 5.60 Å². The van der Waals surface area contributed by atoms with Crippen LogP contribution in [-0.4, -0.2) is 5.11 Å². The Bertz CT molecular complexity index is 438. The van der Waals surface area contributed by atoms with Crippen molar-refractivity contribution < 1.29 is 5.11 Å². The van der Waals surface area contributed by atoms with Crippen molar-refractivity contribution in [3.05, 3.63) is 46.0 Å². The molecule has 2 heteroatoms. The SMILES string of the molecule is CCC(O)(C1=CCCCCC1)c1cccc(Br)c1. The van der Waals surface area contributed by atoms with E-state index in [1.807, 2.05) is 24.3 Å². The molecule has 0 aliphatic heterocycles. The Balaban J connectivity index is 2.37. The number of halogens is 1. The van der Waals surface area contributed by atoms with E-state index >= 15 is 0 Å². The monoisotopic (exact) mass is 308 g/mol. The summed E-state index contributed by atoms with van der Waals surface area (Å²) in [6.45, 7) is 2.06. The molecule has 0 aromatic heterocycles. The first-order valence-electron chi connectivity index (χ1n) is 6.85. The second-order valence-electron chi connectivity index (χ2n) is 5.05. The van der Waals surface area contributed by atoms with Crippen LogP contribution in [0.15, 0.2) is 40.4 Å². The zero-order valence-electron chi connectivity index (χ0n) is 11.0. The molecule has 0 radical (unpaired) electrons. The van der Waals surface area contributed by atoms with Gasteiger partial charge in [-0.15, -0.1) is 0 Å². The van der Waals surface area contributed by atoms with Gasteiger partial charge in [-0.25, -0.2) is 0 Å². The number of benzene rings is 1. The molecule has 0 spiro atoms. The average Bonchev–Trinajstić information content (AvgIpc) is 2.67. The predicted molar refractivity (Wildman–Crippen MR) is 79.5 cm³/mol. The van der Waals surface area contributed by atoms with Crippen molar-refractivity contribution in [1.29, 1.82) is 0 Å². The van der Waals surface area contributed by atoms with Crippen LogP contribution in [0.1, 0.15) is 51.0 Å². The molecule has 0 saturated carbocycles. The molecule has 18 heavy (non-hydrogen) atoms. The first-order valence-corrected chi connectivity index (χ1v) is 7.64. The first-order chi connectivity index (χ1) is 8.66. The fraction of sp³-hybridized carbons (Fsp3) is 0.500. The summed E-state index contributed by atoms with van der Waals surface area (Å²) < 4.78 is 1.03. The molecule has 1 nitrogen and oxygen atoms in total. The summed E-state index contributed by atoms with van der Waals surface area (Å²) in [6, 6.07) is 8.06. The van der Waals surface area contributed by atoms with Crippen molar-refractivity contribution in [2.24, 2.45) is 0 Å². The van der Waals surface area contributed by atoms with Crippen LogP contribution in [0.25, 0.3) is 0 Å². The van der Waals surface area contributed by atoms with Crippen LogP contribution in [0.4, 0.5) is 0 Å². The maximum absolute atomic E-state index is 11.1. The second kappa shape index (κ2) is 6.03. The molecule has 2 rings (SSSR count). The Kier molecular flexibility index (Phi) is 4.63. The van der Waals surface area contributed by atoms with Gasteiger partial charge in [0.05, 0.1) is 0 Å². The first kappa shape index (κ1) is 13.8. The standard InChI is InChI=1S/C16H21BrO/c1-2-16(18,13-8-5-3-4-6-9-13)14-10-7-11-15(17)12-14/h7-8,10-12,18H,2-6,9H2,1H3. The highest BCUT2D eigenvalue weighted by atomic mass is 79.9. The van der Waals surface area contributed by atoms with E-state index in [2.05, 4.69) is 28.9 Å². The van der Waals surface area contributed by atoms with Crippen molar-refractivity contribution in [2.75, 3.05) is 0 Å². The van der Waals surface area contributed by atoms with Gasteiger partial charge in [0.2, 0.25) is 0 Å². The van der Waals surface area contributed by atoms with Gasteiger partial charge in [0.1, 0.15) is 5.60 Å². The molecular weight excluding hydrogens is 288 g/mol. The predicted octanol–water partition coefficient (Wildman–Crippen LogP) is 4.94. The molecule has 1 aromatic rings. The lowest BCUT2D eigenvalue weighted by Gasteiger charge is -2.30. The third-order valence-corrected chi connectivity index (χ3v) is 4.38. The molecule has 98 valence electrons. The van der Waals surface area contributed by atoms with Crippen molar-refractivity contribution in [3.63, 3.8) is 0 Å². The normalized spacial score (nSPS) is 19.8. The Morgan fingerprint density at radius 1 is 1.28 bits per heavy atom. The van der Waals surface area contributed by atoms with Crippen LogP contribution in [0.2, 0.25) is 0 Å². The molecule has 0 bridgehead atoms. The topological polar surface area (TPSA) is 20.2 Å². The quantitative estimate of drug-likeness (QED) is 0.784. The number of hydrogen-bond donors (Lipinski definition) is 1. The highest BCUT2D eigenvalue weighted by Gasteiger charge is 2.31. The maximum Gasteiger partial charge on any atom is 0.110 e. The smallest absolute Gasteiger partial charge is 0.110 e. The second-order valence-corrected chi connectivity index (χ2v) is 5.97. The van der Waals surface area contributed by atoms with Gasteiger partial charge >= 0.3 is 0 Å². The number of aliphatic hydroxyl groups is 1. The van der Waals surface area contributed by atoms with Gasteiger partial charge in [-0.1, -0.05) is 47.5 Å². The zero-order chi connectivity index (χ0) is 13.0. The van der Waals surface area contributed by atoms with Crippen LogP contribution in [0.3, 0.4) is 0 Å². The molecule has 1 N–H and O–H groups in total. The van der Waals surface area contributed by atoms with Crippen molar-refractivity contribution in [3.8, 4) is 0 Å². The Morgan fingerprint density at radius 3 is 2.83 bits per heavy atom. The minimum Gasteiger partial charge on any atom is -0.381 e. The molecule has 0 fully saturated rings. The molecule has 0 heterocycles. The number of rotatable bonds is 3.